The van der Waals surface area contributed by atoms with Crippen LogP contribution in [0.3, 0.4) is 0 Å². The van der Waals surface area contributed by atoms with Crippen LogP contribution in [0.1, 0.15) is 32.1 Å². The molecule has 2 atom stereocenters. The van der Waals surface area contributed by atoms with Crippen LogP contribution in [-0.4, -0.2) is 42.3 Å². The maximum atomic E-state index is 12.7. The van der Waals surface area contributed by atoms with Crippen molar-refractivity contribution in [1.29, 1.82) is 0 Å². The molecular weight excluding hydrogens is 392 g/mol. The Morgan fingerprint density at radius 2 is 1.96 bits per heavy atom. The molecule has 4 rings (SSSR count). The van der Waals surface area contributed by atoms with Crippen molar-refractivity contribution < 1.29 is 13.2 Å². The molecule has 0 aromatic heterocycles. The maximum Gasteiger partial charge on any atom is 0.251 e. The van der Waals surface area contributed by atoms with Gasteiger partial charge in [-0.2, -0.15) is 4.99 Å². The second-order valence-electron chi connectivity index (χ2n) is 7.22. The summed E-state index contributed by atoms with van der Waals surface area (Å²) in [4.78, 5) is 19.0. The lowest BCUT2D eigenvalue weighted by atomic mass is 9.89. The third-order valence-corrected chi connectivity index (χ3v) is 8.76. The molecule has 2 saturated heterocycles. The first-order valence-electron chi connectivity index (χ1n) is 8.97. The zero-order valence-corrected chi connectivity index (χ0v) is 16.7. The highest BCUT2D eigenvalue weighted by atomic mass is 35.5. The average Bonchev–Trinajstić information content (AvgIpc) is 3.06. The SMILES string of the molecule is O=C(N=C1S[C@@H]2CS(=O)(=O)C[C@@H]2N1c1cccc(Cl)c1)C1CCCCC1. The summed E-state index contributed by atoms with van der Waals surface area (Å²) in [5.74, 6) is 0.161. The number of amidine groups is 1. The molecule has 1 saturated carbocycles. The zero-order chi connectivity index (χ0) is 18.3. The van der Waals surface area contributed by atoms with Gasteiger partial charge >= 0.3 is 0 Å². The molecule has 140 valence electrons. The molecule has 0 spiro atoms. The summed E-state index contributed by atoms with van der Waals surface area (Å²) in [6, 6.07) is 7.11. The van der Waals surface area contributed by atoms with Crippen molar-refractivity contribution in [3.8, 4) is 0 Å². The van der Waals surface area contributed by atoms with E-state index < -0.39 is 9.84 Å². The number of hydrogen-bond donors (Lipinski definition) is 0. The molecule has 2 aliphatic heterocycles. The van der Waals surface area contributed by atoms with Gasteiger partial charge in [0.25, 0.3) is 5.91 Å². The Bertz CT molecular complexity index is 850. The Balaban J connectivity index is 1.67. The lowest BCUT2D eigenvalue weighted by Crippen LogP contribution is -2.38. The van der Waals surface area contributed by atoms with Crippen LogP contribution in [0.4, 0.5) is 5.69 Å². The van der Waals surface area contributed by atoms with Crippen LogP contribution >= 0.6 is 23.4 Å². The average molecular weight is 413 g/mol. The van der Waals surface area contributed by atoms with Gasteiger partial charge in [-0.1, -0.05) is 48.7 Å². The van der Waals surface area contributed by atoms with Crippen molar-refractivity contribution >= 4 is 50.0 Å². The number of hydrogen-bond acceptors (Lipinski definition) is 4. The number of halogens is 1. The van der Waals surface area contributed by atoms with Gasteiger partial charge < -0.3 is 4.90 Å². The largest absolute Gasteiger partial charge is 0.316 e. The minimum Gasteiger partial charge on any atom is -0.316 e. The minimum absolute atomic E-state index is 0.00207. The van der Waals surface area contributed by atoms with Crippen LogP contribution in [0.2, 0.25) is 5.02 Å². The number of nitrogens with zero attached hydrogens (tertiary/aromatic N) is 2. The Labute approximate surface area is 163 Å². The topological polar surface area (TPSA) is 66.8 Å². The Morgan fingerprint density at radius 3 is 2.69 bits per heavy atom. The zero-order valence-electron chi connectivity index (χ0n) is 14.3. The van der Waals surface area contributed by atoms with Gasteiger partial charge in [-0.3, -0.25) is 4.79 Å². The van der Waals surface area contributed by atoms with Crippen molar-refractivity contribution in [2.75, 3.05) is 16.4 Å². The van der Waals surface area contributed by atoms with Crippen molar-refractivity contribution in [3.05, 3.63) is 29.3 Å². The number of benzene rings is 1. The predicted octanol–water partition coefficient (Wildman–Crippen LogP) is 3.52. The fourth-order valence-electron chi connectivity index (χ4n) is 4.03. The molecule has 3 aliphatic rings. The number of carbonyl (C=O) groups excluding carboxylic acids is 1. The molecule has 1 aromatic carbocycles. The monoisotopic (exact) mass is 412 g/mol. The van der Waals surface area contributed by atoms with Gasteiger partial charge in [0, 0.05) is 21.9 Å². The third kappa shape index (κ3) is 3.66. The second kappa shape index (κ2) is 7.17. The lowest BCUT2D eigenvalue weighted by molar-refractivity contribution is -0.122. The number of carbonyl (C=O) groups is 1. The Kier molecular flexibility index (Phi) is 5.05. The molecule has 0 N–H and O–H groups in total. The maximum absolute atomic E-state index is 12.7. The normalized spacial score (nSPS) is 29.9. The molecule has 0 radical (unpaired) electrons. The van der Waals surface area contributed by atoms with E-state index in [4.69, 9.17) is 11.6 Å². The third-order valence-electron chi connectivity index (χ3n) is 5.31. The molecule has 26 heavy (non-hydrogen) atoms. The summed E-state index contributed by atoms with van der Waals surface area (Å²) in [5, 5.41) is 1.11. The van der Waals surface area contributed by atoms with E-state index in [9.17, 15) is 13.2 Å². The first-order valence-corrected chi connectivity index (χ1v) is 12.1. The smallest absolute Gasteiger partial charge is 0.251 e. The van der Waals surface area contributed by atoms with Gasteiger partial charge in [-0.05, 0) is 31.0 Å². The summed E-state index contributed by atoms with van der Waals surface area (Å²) in [5.41, 5.74) is 0.796. The van der Waals surface area contributed by atoms with Crippen LogP contribution in [-0.2, 0) is 14.6 Å². The van der Waals surface area contributed by atoms with Crippen molar-refractivity contribution in [2.45, 2.75) is 43.4 Å². The summed E-state index contributed by atoms with van der Waals surface area (Å²) in [6.07, 6.45) is 5.15. The van der Waals surface area contributed by atoms with Crippen LogP contribution < -0.4 is 4.90 Å². The molecule has 0 unspecified atom stereocenters. The first-order chi connectivity index (χ1) is 12.4. The lowest BCUT2D eigenvalue weighted by Gasteiger charge is -2.25. The molecule has 5 nitrogen and oxygen atoms in total. The highest BCUT2D eigenvalue weighted by Crippen LogP contribution is 2.41. The van der Waals surface area contributed by atoms with Crippen LogP contribution in [0, 0.1) is 5.92 Å². The number of anilines is 1. The van der Waals surface area contributed by atoms with E-state index in [1.54, 1.807) is 12.1 Å². The van der Waals surface area contributed by atoms with Gasteiger partial charge in [-0.15, -0.1) is 0 Å². The van der Waals surface area contributed by atoms with Gasteiger partial charge in [0.1, 0.15) is 0 Å². The van der Waals surface area contributed by atoms with Gasteiger partial charge in [-0.25, -0.2) is 8.42 Å². The summed E-state index contributed by atoms with van der Waals surface area (Å²) >= 11 is 7.56. The highest BCUT2D eigenvalue weighted by Gasteiger charge is 2.49. The van der Waals surface area contributed by atoms with Gasteiger partial charge in [0.15, 0.2) is 15.0 Å². The van der Waals surface area contributed by atoms with E-state index in [1.165, 1.54) is 18.2 Å². The van der Waals surface area contributed by atoms with E-state index in [-0.39, 0.29) is 34.6 Å². The fourth-order valence-corrected chi connectivity index (χ4v) is 8.13. The molecular formula is C18H21ClN2O3S2. The highest BCUT2D eigenvalue weighted by molar-refractivity contribution is 8.16. The van der Waals surface area contributed by atoms with E-state index in [0.29, 0.717) is 10.2 Å². The number of aliphatic imine (C=N–C) groups is 1. The quantitative estimate of drug-likeness (QED) is 0.743. The first kappa shape index (κ1) is 18.3. The molecule has 2 heterocycles. The van der Waals surface area contributed by atoms with E-state index in [0.717, 1.165) is 31.4 Å². The number of thioether (sulfide) groups is 1. The van der Waals surface area contributed by atoms with E-state index >= 15 is 0 Å². The molecule has 1 aliphatic carbocycles. The van der Waals surface area contributed by atoms with E-state index in [1.807, 2.05) is 17.0 Å². The number of fused-ring (bicyclic) bond motifs is 1. The van der Waals surface area contributed by atoms with Crippen LogP contribution in [0.15, 0.2) is 29.3 Å². The van der Waals surface area contributed by atoms with Crippen LogP contribution in [0.5, 0.6) is 0 Å². The summed E-state index contributed by atoms with van der Waals surface area (Å²) in [7, 11) is -3.06. The van der Waals surface area contributed by atoms with Gasteiger partial charge in [0.2, 0.25) is 0 Å². The summed E-state index contributed by atoms with van der Waals surface area (Å²) < 4.78 is 24.2. The van der Waals surface area contributed by atoms with Crippen molar-refractivity contribution in [1.82, 2.24) is 0 Å². The number of amides is 1. The fraction of sp³-hybridized carbons (Fsp3) is 0.556. The van der Waals surface area contributed by atoms with E-state index in [2.05, 4.69) is 4.99 Å². The molecule has 8 heteroatoms. The Morgan fingerprint density at radius 1 is 1.19 bits per heavy atom. The number of sulfone groups is 1. The van der Waals surface area contributed by atoms with Crippen molar-refractivity contribution in [2.24, 2.45) is 10.9 Å². The van der Waals surface area contributed by atoms with Gasteiger partial charge in [0.05, 0.1) is 17.5 Å². The standard InChI is InChI=1S/C18H21ClN2O3S2/c19-13-7-4-8-14(9-13)21-15-10-26(23,24)11-16(15)25-18(21)20-17(22)12-5-2-1-3-6-12/h4,7-9,12,15-16H,1-3,5-6,10-11H2/t15-,16+/m0/s1. The van der Waals surface area contributed by atoms with Crippen LogP contribution in [0.25, 0.3) is 0 Å². The Hall–Kier alpha value is -1.05. The molecule has 1 aromatic rings. The number of rotatable bonds is 2. The second-order valence-corrected chi connectivity index (χ2v) is 11.0. The predicted molar refractivity (Wildman–Crippen MR) is 107 cm³/mol. The minimum atomic E-state index is -3.06. The molecule has 0 bridgehead atoms. The molecule has 1 amide bonds. The summed E-state index contributed by atoms with van der Waals surface area (Å²) in [6.45, 7) is 0. The van der Waals surface area contributed by atoms with Crippen molar-refractivity contribution in [3.63, 3.8) is 0 Å². The molecule has 3 fully saturated rings.